The number of carbonyl (C=O) groups excluding carboxylic acids is 1. The first-order valence-corrected chi connectivity index (χ1v) is 18.8. The molecule has 1 fully saturated rings. The van der Waals surface area contributed by atoms with Gasteiger partial charge in [0.25, 0.3) is 14.1 Å². The summed E-state index contributed by atoms with van der Waals surface area (Å²) in [5, 5.41) is 9.40. The molecule has 0 radical (unpaired) electrons. The third-order valence-electron chi connectivity index (χ3n) is 7.02. The topological polar surface area (TPSA) is 181 Å². The number of methoxy groups -OCH3 is 1. The molecule has 0 aromatic carbocycles. The van der Waals surface area contributed by atoms with E-state index in [1.54, 1.807) is 6.92 Å². The summed E-state index contributed by atoms with van der Waals surface area (Å²) in [4.78, 5) is 43.3. The molecule has 0 bridgehead atoms. The highest BCUT2D eigenvalue weighted by molar-refractivity contribution is 7.58. The molecule has 0 aliphatic carbocycles. The summed E-state index contributed by atoms with van der Waals surface area (Å²) in [6.07, 6.45) is -4.44. The first-order valence-electron chi connectivity index (χ1n) is 15.5. The molecule has 16 nitrogen and oxygen atoms in total. The number of ketones is 1. The number of carbonyl (C=O) groups is 1. The number of aromatic amines is 1. The molecular formula is C29H50N4O12P2. The molecule has 1 saturated heterocycles. The number of nitrogens with one attached hydrogen (secondary N) is 1. The van der Waals surface area contributed by atoms with Crippen LogP contribution in [-0.2, 0) is 41.9 Å². The largest absolute Gasteiger partial charge is 0.388 e. The van der Waals surface area contributed by atoms with Crippen LogP contribution in [0.3, 0.4) is 0 Å². The molecule has 7 atom stereocenters. The number of hydrogen-bond acceptors (Lipinski definition) is 13. The summed E-state index contributed by atoms with van der Waals surface area (Å²) >= 11 is 0. The maximum absolute atomic E-state index is 13.5. The second-order valence-electron chi connectivity index (χ2n) is 11.5. The predicted molar refractivity (Wildman–Crippen MR) is 175 cm³/mol. The zero-order valence-corrected chi connectivity index (χ0v) is 30.2. The van der Waals surface area contributed by atoms with Crippen molar-refractivity contribution in [2.75, 3.05) is 66.1 Å². The molecule has 2 heterocycles. The highest BCUT2D eigenvalue weighted by atomic mass is 31.2. The van der Waals surface area contributed by atoms with Crippen molar-refractivity contribution in [3.05, 3.63) is 44.0 Å². The molecule has 268 valence electrons. The van der Waals surface area contributed by atoms with E-state index < -0.39 is 76.8 Å². The van der Waals surface area contributed by atoms with Gasteiger partial charge >= 0.3 is 5.69 Å². The second kappa shape index (κ2) is 20.0. The molecular weight excluding hydrogens is 658 g/mol. The number of ether oxygens (including phenoxy) is 4. The molecule has 1 aromatic rings. The van der Waals surface area contributed by atoms with E-state index in [4.69, 9.17) is 39.1 Å². The van der Waals surface area contributed by atoms with Crippen LogP contribution in [0, 0.1) is 13.5 Å². The maximum atomic E-state index is 13.5. The number of H-pyrrole nitrogens is 1. The van der Waals surface area contributed by atoms with Gasteiger partial charge in [0.1, 0.15) is 38.1 Å². The second-order valence-corrected chi connectivity index (χ2v) is 15.6. The molecule has 0 saturated carbocycles. The van der Waals surface area contributed by atoms with Crippen LogP contribution in [-0.4, -0.2) is 128 Å². The fourth-order valence-corrected chi connectivity index (χ4v) is 8.43. The molecule has 0 amide bonds. The zero-order valence-electron chi connectivity index (χ0n) is 28.4. The average molecular weight is 709 g/mol. The number of nitrogens with zero attached hydrogens (tertiary/aromatic N) is 3. The Morgan fingerprint density at radius 1 is 1.21 bits per heavy atom. The quantitative estimate of drug-likeness (QED) is 0.102. The first-order chi connectivity index (χ1) is 22.2. The number of aryl methyl sites for hydroxylation is 1. The van der Waals surface area contributed by atoms with Crippen molar-refractivity contribution in [2.45, 2.75) is 84.3 Å². The molecule has 1 aromatic heterocycles. The molecule has 1 aliphatic rings. The van der Waals surface area contributed by atoms with Gasteiger partial charge in [-0.15, -0.1) is 0 Å². The summed E-state index contributed by atoms with van der Waals surface area (Å²) in [5.41, 5.74) is -1.11. The Bertz CT molecular complexity index is 1330. The Balaban J connectivity index is 2.79. The molecule has 2 unspecified atom stereocenters. The normalized spacial score (nSPS) is 22.4. The highest BCUT2D eigenvalue weighted by Gasteiger charge is 2.54. The van der Waals surface area contributed by atoms with Crippen LogP contribution in [0.5, 0.6) is 0 Å². The van der Waals surface area contributed by atoms with Crippen LogP contribution in [0.15, 0.2) is 15.8 Å². The number of aliphatic hydroxyl groups excluding tert-OH is 1. The van der Waals surface area contributed by atoms with E-state index in [1.165, 1.54) is 31.5 Å². The Labute approximate surface area is 277 Å². The van der Waals surface area contributed by atoms with Crippen LogP contribution in [0.4, 0.5) is 0 Å². The van der Waals surface area contributed by atoms with Gasteiger partial charge in [-0.3, -0.25) is 23.7 Å². The lowest BCUT2D eigenvalue weighted by atomic mass is 10.1. The number of aliphatic hydroxyl groups is 1. The fraction of sp³-hybridized carbons (Fsp3) is 0.793. The van der Waals surface area contributed by atoms with Gasteiger partial charge in [-0.1, -0.05) is 0 Å². The number of hydrogen-bond donors (Lipinski definition) is 2. The van der Waals surface area contributed by atoms with Crippen LogP contribution in [0.25, 0.3) is 4.85 Å². The van der Waals surface area contributed by atoms with Crippen LogP contribution in [0.1, 0.15) is 46.4 Å². The Morgan fingerprint density at radius 3 is 2.47 bits per heavy atom. The molecule has 2 N–H and O–H groups in total. The van der Waals surface area contributed by atoms with Gasteiger partial charge in [-0.2, -0.15) is 0 Å². The van der Waals surface area contributed by atoms with Crippen molar-refractivity contribution in [3.8, 4) is 0 Å². The lowest BCUT2D eigenvalue weighted by Crippen LogP contribution is -2.46. The maximum Gasteiger partial charge on any atom is 0.330 e. The van der Waals surface area contributed by atoms with Gasteiger partial charge in [0, 0.05) is 37.6 Å². The average Bonchev–Trinajstić information content (AvgIpc) is 3.34. The Kier molecular flexibility index (Phi) is 17.6. The van der Waals surface area contributed by atoms with Crippen molar-refractivity contribution < 1.29 is 47.0 Å². The third kappa shape index (κ3) is 12.2. The van der Waals surface area contributed by atoms with Gasteiger partial charge in [0.2, 0.25) is 13.9 Å². The highest BCUT2D eigenvalue weighted by Crippen LogP contribution is 2.52. The summed E-state index contributed by atoms with van der Waals surface area (Å²) in [7, 11) is -3.75. The van der Waals surface area contributed by atoms with Crippen molar-refractivity contribution in [1.82, 2.24) is 14.2 Å². The smallest absolute Gasteiger partial charge is 0.330 e. The van der Waals surface area contributed by atoms with Crippen LogP contribution < -0.4 is 11.2 Å². The van der Waals surface area contributed by atoms with E-state index in [0.29, 0.717) is 0 Å². The van der Waals surface area contributed by atoms with E-state index in [0.717, 1.165) is 0 Å². The minimum Gasteiger partial charge on any atom is -0.388 e. The van der Waals surface area contributed by atoms with E-state index in [-0.39, 0.29) is 56.8 Å². The standard InChI is InChI=1S/C29H50N4O12P2/c1-10-43-47(9,38)18-23(41-17-22(35)16-34)24-25(45-46(42-12-11-30-7)33(19(2)3)20(4)5)26(40-14-13-39-8)28(44-24)32-15-21(6)27(36)31-29(32)37/h15,19-20,23-26,28,34H,10-14,16-18H2,1-6,8-9H3,(H,31,36,37)/t23-,24-,25-,26-,28-,46?,47?/m1/s1. The molecule has 0 spiro atoms. The minimum atomic E-state index is -3.34. The van der Waals surface area contributed by atoms with Gasteiger partial charge in [-0.05, 0) is 41.5 Å². The Hall–Kier alpha value is -1.86. The number of Topliss-reactive ketones (excluding diaryl/α,β-unsaturated/α-hetero) is 1. The molecule has 2 rings (SSSR count). The monoisotopic (exact) mass is 708 g/mol. The molecule has 1 aliphatic heterocycles. The fourth-order valence-electron chi connectivity index (χ4n) is 5.07. The number of aromatic nitrogens is 2. The van der Waals surface area contributed by atoms with Crippen molar-refractivity contribution in [3.63, 3.8) is 0 Å². The summed E-state index contributed by atoms with van der Waals surface area (Å²) in [5.74, 6) is -0.625. The Morgan fingerprint density at radius 2 is 1.89 bits per heavy atom. The van der Waals surface area contributed by atoms with Gasteiger partial charge < -0.3 is 42.5 Å². The minimum absolute atomic E-state index is 0.0546. The summed E-state index contributed by atoms with van der Waals surface area (Å²) < 4.78 is 59.2. The van der Waals surface area contributed by atoms with Gasteiger partial charge in [0.05, 0.1) is 32.1 Å². The van der Waals surface area contributed by atoms with E-state index in [9.17, 15) is 24.1 Å². The van der Waals surface area contributed by atoms with Crippen molar-refractivity contribution in [2.24, 2.45) is 0 Å². The predicted octanol–water partition coefficient (Wildman–Crippen LogP) is 2.33. The van der Waals surface area contributed by atoms with Crippen molar-refractivity contribution in [1.29, 1.82) is 0 Å². The number of rotatable bonds is 22. The summed E-state index contributed by atoms with van der Waals surface area (Å²) in [6, 6.07) is -0.128. The van der Waals surface area contributed by atoms with Crippen LogP contribution in [0.2, 0.25) is 0 Å². The lowest BCUT2D eigenvalue weighted by Gasteiger charge is -2.39. The van der Waals surface area contributed by atoms with Crippen LogP contribution >= 0.6 is 15.9 Å². The van der Waals surface area contributed by atoms with Gasteiger partial charge in [0.15, 0.2) is 12.0 Å². The van der Waals surface area contributed by atoms with Crippen molar-refractivity contribution >= 4 is 21.7 Å². The van der Waals surface area contributed by atoms with E-state index >= 15 is 0 Å². The van der Waals surface area contributed by atoms with Gasteiger partial charge in [-0.25, -0.2) is 16.0 Å². The van der Waals surface area contributed by atoms with E-state index in [1.807, 2.05) is 32.4 Å². The van der Waals surface area contributed by atoms with E-state index in [2.05, 4.69) is 9.83 Å². The lowest BCUT2D eigenvalue weighted by molar-refractivity contribution is -0.135. The molecule has 47 heavy (non-hydrogen) atoms. The SMILES string of the molecule is [C-]#[N+]CCOP(O[C@H]1[C@@H](OCCOC)[C@H](n2cc(C)c(=O)[nH]c2=O)O[C@@H]1[C@@H](CP(C)(=O)OCC)OCC(=O)CO)N(C(C)C)C(C)C. The first kappa shape index (κ1) is 41.3. The third-order valence-corrected chi connectivity index (χ3v) is 11.0. The molecule has 18 heteroatoms. The summed E-state index contributed by atoms with van der Waals surface area (Å²) in [6.45, 7) is 19.0. The zero-order chi connectivity index (χ0) is 35.3.